The van der Waals surface area contributed by atoms with Gasteiger partial charge in [0.2, 0.25) is 5.91 Å². The summed E-state index contributed by atoms with van der Waals surface area (Å²) in [6.45, 7) is 4.31. The minimum absolute atomic E-state index is 0.0294. The zero-order chi connectivity index (χ0) is 15.9. The number of carbonyl (C=O) groups is 1. The lowest BCUT2D eigenvalue weighted by Gasteiger charge is -2.16. The van der Waals surface area contributed by atoms with Crippen molar-refractivity contribution in [3.8, 4) is 5.75 Å². The van der Waals surface area contributed by atoms with E-state index in [1.54, 1.807) is 0 Å². The lowest BCUT2D eigenvalue weighted by Crippen LogP contribution is -2.16. The molecule has 0 aliphatic carbocycles. The Hall–Kier alpha value is -2.33. The van der Waals surface area contributed by atoms with Crippen molar-refractivity contribution in [3.63, 3.8) is 0 Å². The first-order chi connectivity index (χ1) is 10.6. The van der Waals surface area contributed by atoms with Gasteiger partial charge in [0.1, 0.15) is 11.9 Å². The van der Waals surface area contributed by atoms with Crippen LogP contribution in [0, 0.1) is 6.92 Å². The normalized spacial score (nSPS) is 11.8. The van der Waals surface area contributed by atoms with Gasteiger partial charge in [-0.1, -0.05) is 30.3 Å². The number of ether oxygens (including phenoxy) is 1. The molecule has 0 bridgehead atoms. The van der Waals surface area contributed by atoms with Gasteiger partial charge in [0.05, 0.1) is 0 Å². The molecule has 0 saturated carbocycles. The van der Waals surface area contributed by atoms with Crippen LogP contribution in [0.1, 0.15) is 30.6 Å². The van der Waals surface area contributed by atoms with Gasteiger partial charge >= 0.3 is 0 Å². The van der Waals surface area contributed by atoms with E-state index >= 15 is 0 Å². The fourth-order valence-electron chi connectivity index (χ4n) is 2.19. The van der Waals surface area contributed by atoms with Crippen LogP contribution >= 0.6 is 0 Å². The number of benzene rings is 2. The third-order valence-electron chi connectivity index (χ3n) is 3.43. The third kappa shape index (κ3) is 4.33. The maximum absolute atomic E-state index is 11.6. The van der Waals surface area contributed by atoms with Crippen LogP contribution in [0.2, 0.25) is 0 Å². The smallest absolute Gasteiger partial charge is 0.225 e. The van der Waals surface area contributed by atoms with Crippen LogP contribution < -0.4 is 15.8 Å². The minimum atomic E-state index is -0.0723. The highest BCUT2D eigenvalue weighted by molar-refractivity contribution is 5.91. The number of aryl methyl sites for hydroxylation is 1. The molecule has 0 aromatic heterocycles. The van der Waals surface area contributed by atoms with E-state index in [2.05, 4.69) is 5.32 Å². The fourth-order valence-corrected chi connectivity index (χ4v) is 2.19. The lowest BCUT2D eigenvalue weighted by atomic mass is 10.1. The van der Waals surface area contributed by atoms with Crippen LogP contribution in [-0.4, -0.2) is 12.5 Å². The van der Waals surface area contributed by atoms with E-state index in [0.717, 1.165) is 22.6 Å². The molecule has 4 nitrogen and oxygen atoms in total. The van der Waals surface area contributed by atoms with Gasteiger partial charge < -0.3 is 15.8 Å². The standard InChI is InChI=1S/C18H22N2O2/c1-13-12-16(8-9-17(13)20-18(21)10-11-19)22-14(2)15-6-4-3-5-7-15/h3-9,12,14H,10-11,19H2,1-2H3,(H,20,21). The number of rotatable bonds is 6. The molecule has 1 unspecified atom stereocenters. The van der Waals surface area contributed by atoms with Crippen LogP contribution in [0.25, 0.3) is 0 Å². The molecule has 0 radical (unpaired) electrons. The summed E-state index contributed by atoms with van der Waals surface area (Å²) >= 11 is 0. The highest BCUT2D eigenvalue weighted by Crippen LogP contribution is 2.26. The topological polar surface area (TPSA) is 64.3 Å². The van der Waals surface area contributed by atoms with E-state index < -0.39 is 0 Å². The van der Waals surface area contributed by atoms with Crippen molar-refractivity contribution in [1.29, 1.82) is 0 Å². The number of hydrogen-bond donors (Lipinski definition) is 2. The summed E-state index contributed by atoms with van der Waals surface area (Å²) < 4.78 is 5.96. The van der Waals surface area contributed by atoms with Crippen LogP contribution in [0.5, 0.6) is 5.75 Å². The van der Waals surface area contributed by atoms with Crippen molar-refractivity contribution < 1.29 is 9.53 Å². The summed E-state index contributed by atoms with van der Waals surface area (Å²) in [7, 11) is 0. The quantitative estimate of drug-likeness (QED) is 0.859. The van der Waals surface area contributed by atoms with Crippen molar-refractivity contribution in [2.24, 2.45) is 5.73 Å². The molecule has 0 fully saturated rings. The van der Waals surface area contributed by atoms with E-state index in [-0.39, 0.29) is 12.0 Å². The number of nitrogens with one attached hydrogen (secondary N) is 1. The van der Waals surface area contributed by atoms with Gasteiger partial charge in [-0.05, 0) is 43.2 Å². The van der Waals surface area contributed by atoms with Crippen LogP contribution in [-0.2, 0) is 4.79 Å². The molecule has 2 aromatic rings. The van der Waals surface area contributed by atoms with Gasteiger partial charge in [-0.15, -0.1) is 0 Å². The van der Waals surface area contributed by atoms with Crippen molar-refractivity contribution >= 4 is 11.6 Å². The van der Waals surface area contributed by atoms with Crippen molar-refractivity contribution in [1.82, 2.24) is 0 Å². The molecule has 1 amide bonds. The monoisotopic (exact) mass is 298 g/mol. The zero-order valence-electron chi connectivity index (χ0n) is 13.0. The molecule has 2 aromatic carbocycles. The number of hydrogen-bond acceptors (Lipinski definition) is 3. The Morgan fingerprint density at radius 1 is 1.23 bits per heavy atom. The lowest BCUT2D eigenvalue weighted by molar-refractivity contribution is -0.116. The molecular weight excluding hydrogens is 276 g/mol. The van der Waals surface area contributed by atoms with Crippen LogP contribution in [0.15, 0.2) is 48.5 Å². The first-order valence-electron chi connectivity index (χ1n) is 7.42. The SMILES string of the molecule is Cc1cc(OC(C)c2ccccc2)ccc1NC(=O)CCN. The molecule has 0 aliphatic rings. The Morgan fingerprint density at radius 3 is 2.59 bits per heavy atom. The van der Waals surface area contributed by atoms with E-state index in [4.69, 9.17) is 10.5 Å². The summed E-state index contributed by atoms with van der Waals surface area (Å²) in [6, 6.07) is 15.7. The molecule has 0 saturated heterocycles. The van der Waals surface area contributed by atoms with Gasteiger partial charge in [0.25, 0.3) is 0 Å². The van der Waals surface area contributed by atoms with Gasteiger partial charge in [-0.25, -0.2) is 0 Å². The highest BCUT2D eigenvalue weighted by atomic mass is 16.5. The molecule has 116 valence electrons. The van der Waals surface area contributed by atoms with E-state index in [1.165, 1.54) is 0 Å². The first kappa shape index (κ1) is 16.0. The summed E-state index contributed by atoms with van der Waals surface area (Å²) in [5.41, 5.74) is 8.25. The second-order valence-electron chi connectivity index (χ2n) is 5.23. The van der Waals surface area contributed by atoms with Gasteiger partial charge in [-0.3, -0.25) is 4.79 Å². The maximum atomic E-state index is 11.6. The molecule has 2 rings (SSSR count). The summed E-state index contributed by atoms with van der Waals surface area (Å²) in [6.07, 6.45) is 0.293. The summed E-state index contributed by atoms with van der Waals surface area (Å²) in [5.74, 6) is 0.711. The molecule has 22 heavy (non-hydrogen) atoms. The molecule has 0 spiro atoms. The second kappa shape index (κ2) is 7.61. The van der Waals surface area contributed by atoms with Crippen LogP contribution in [0.4, 0.5) is 5.69 Å². The van der Waals surface area contributed by atoms with Crippen LogP contribution in [0.3, 0.4) is 0 Å². The second-order valence-corrected chi connectivity index (χ2v) is 5.23. The number of nitrogens with two attached hydrogens (primary N) is 1. The number of anilines is 1. The molecule has 4 heteroatoms. The average molecular weight is 298 g/mol. The Morgan fingerprint density at radius 2 is 1.95 bits per heavy atom. The zero-order valence-corrected chi connectivity index (χ0v) is 13.0. The van der Waals surface area contributed by atoms with Crippen molar-refractivity contribution in [3.05, 3.63) is 59.7 Å². The Labute approximate surface area is 131 Å². The number of amides is 1. The Kier molecular flexibility index (Phi) is 5.55. The first-order valence-corrected chi connectivity index (χ1v) is 7.42. The highest BCUT2D eigenvalue weighted by Gasteiger charge is 2.09. The van der Waals surface area contributed by atoms with Crippen molar-refractivity contribution in [2.75, 3.05) is 11.9 Å². The maximum Gasteiger partial charge on any atom is 0.225 e. The van der Waals surface area contributed by atoms with E-state index in [9.17, 15) is 4.79 Å². The predicted octanol–water partition coefficient (Wildman–Crippen LogP) is 3.42. The number of carbonyl (C=O) groups excluding carboxylic acids is 1. The molecule has 0 heterocycles. The fraction of sp³-hybridized carbons (Fsp3) is 0.278. The average Bonchev–Trinajstić information content (AvgIpc) is 2.51. The Balaban J connectivity index is 2.04. The molecular formula is C18H22N2O2. The van der Waals surface area contributed by atoms with Gasteiger partial charge in [0, 0.05) is 18.7 Å². The van der Waals surface area contributed by atoms with Crippen molar-refractivity contribution in [2.45, 2.75) is 26.4 Å². The molecule has 1 atom stereocenters. The van der Waals surface area contributed by atoms with E-state index in [0.29, 0.717) is 13.0 Å². The summed E-state index contributed by atoms with van der Waals surface area (Å²) in [4.78, 5) is 11.6. The molecule has 3 N–H and O–H groups in total. The third-order valence-corrected chi connectivity index (χ3v) is 3.43. The summed E-state index contributed by atoms with van der Waals surface area (Å²) in [5, 5.41) is 2.85. The predicted molar refractivity (Wildman–Crippen MR) is 89.0 cm³/mol. The minimum Gasteiger partial charge on any atom is -0.486 e. The van der Waals surface area contributed by atoms with Gasteiger partial charge in [0.15, 0.2) is 0 Å². The van der Waals surface area contributed by atoms with E-state index in [1.807, 2.05) is 62.4 Å². The Bertz CT molecular complexity index is 626. The largest absolute Gasteiger partial charge is 0.486 e. The van der Waals surface area contributed by atoms with Gasteiger partial charge in [-0.2, -0.15) is 0 Å². The molecule has 0 aliphatic heterocycles.